The zero-order valence-electron chi connectivity index (χ0n) is 15.5. The standard InChI is InChI=1S/C19H20F6O2Si/c1-4-26-28(3,27-5-2)17-8-6-13(7-9-17)14-10-15(18(20,21)22)12-16(11-14)19(23,24)25/h6-12H,4-5H2,1-3H3. The smallest absolute Gasteiger partial charge is 0.391 e. The summed E-state index contributed by atoms with van der Waals surface area (Å²) in [5, 5.41) is 0.739. The molecule has 2 nitrogen and oxygen atoms in total. The highest BCUT2D eigenvalue weighted by Gasteiger charge is 2.37. The number of hydrogen-bond donors (Lipinski definition) is 0. The van der Waals surface area contributed by atoms with E-state index < -0.39 is 32.0 Å². The maximum atomic E-state index is 13.0. The Balaban J connectivity index is 2.50. The average Bonchev–Trinajstić information content (AvgIpc) is 2.60. The van der Waals surface area contributed by atoms with Gasteiger partial charge in [-0.15, -0.1) is 0 Å². The van der Waals surface area contributed by atoms with Crippen molar-refractivity contribution in [3.8, 4) is 11.1 Å². The molecule has 0 aliphatic rings. The summed E-state index contributed by atoms with van der Waals surface area (Å²) in [5.74, 6) is 0. The molecule has 9 heteroatoms. The maximum absolute atomic E-state index is 13.0. The van der Waals surface area contributed by atoms with Crippen molar-refractivity contribution < 1.29 is 35.2 Å². The molecule has 28 heavy (non-hydrogen) atoms. The van der Waals surface area contributed by atoms with E-state index in [-0.39, 0.29) is 17.2 Å². The lowest BCUT2D eigenvalue weighted by atomic mass is 9.99. The fourth-order valence-corrected chi connectivity index (χ4v) is 5.14. The van der Waals surface area contributed by atoms with Gasteiger partial charge in [-0.3, -0.25) is 0 Å². The lowest BCUT2D eigenvalue weighted by molar-refractivity contribution is -0.143. The second-order valence-electron chi connectivity index (χ2n) is 6.18. The van der Waals surface area contributed by atoms with Crippen molar-refractivity contribution >= 4 is 13.7 Å². The summed E-state index contributed by atoms with van der Waals surface area (Å²) in [6, 6.07) is 7.76. The van der Waals surface area contributed by atoms with Gasteiger partial charge in [-0.1, -0.05) is 24.3 Å². The van der Waals surface area contributed by atoms with Gasteiger partial charge < -0.3 is 8.85 Å². The van der Waals surface area contributed by atoms with Gasteiger partial charge in [-0.05, 0) is 54.9 Å². The highest BCUT2D eigenvalue weighted by atomic mass is 28.4. The SMILES string of the molecule is CCO[Si](C)(OCC)c1ccc(-c2cc(C(F)(F)F)cc(C(F)(F)F)c2)cc1. The van der Waals surface area contributed by atoms with Crippen molar-refractivity contribution in [2.75, 3.05) is 13.2 Å². The first-order valence-corrected chi connectivity index (χ1v) is 10.9. The lowest BCUT2D eigenvalue weighted by Crippen LogP contribution is -2.51. The number of hydrogen-bond acceptors (Lipinski definition) is 2. The zero-order valence-corrected chi connectivity index (χ0v) is 16.5. The molecular formula is C19H20F6O2Si. The van der Waals surface area contributed by atoms with Gasteiger partial charge in [0.05, 0.1) is 11.1 Å². The van der Waals surface area contributed by atoms with Gasteiger partial charge in [-0.2, -0.15) is 26.3 Å². The molecule has 0 fully saturated rings. The second kappa shape index (κ2) is 8.26. The Morgan fingerprint density at radius 3 is 1.50 bits per heavy atom. The molecule has 0 amide bonds. The molecule has 0 heterocycles. The number of rotatable bonds is 6. The van der Waals surface area contributed by atoms with Crippen LogP contribution in [0.1, 0.15) is 25.0 Å². The fraction of sp³-hybridized carbons (Fsp3) is 0.368. The van der Waals surface area contributed by atoms with E-state index >= 15 is 0 Å². The first-order chi connectivity index (χ1) is 12.9. The molecule has 2 aromatic rings. The predicted molar refractivity (Wildman–Crippen MR) is 96.4 cm³/mol. The van der Waals surface area contributed by atoms with Gasteiger partial charge in [0.2, 0.25) is 0 Å². The molecule has 0 radical (unpaired) electrons. The molecule has 0 aromatic heterocycles. The summed E-state index contributed by atoms with van der Waals surface area (Å²) in [6.07, 6.45) is -9.77. The minimum atomic E-state index is -4.88. The van der Waals surface area contributed by atoms with E-state index in [2.05, 4.69) is 0 Å². The molecule has 0 saturated carbocycles. The first-order valence-electron chi connectivity index (χ1n) is 8.59. The zero-order chi connectivity index (χ0) is 21.2. The third kappa shape index (κ3) is 5.15. The Hall–Kier alpha value is -1.84. The predicted octanol–water partition coefficient (Wildman–Crippen LogP) is 5.74. The molecule has 0 saturated heterocycles. The third-order valence-electron chi connectivity index (χ3n) is 4.17. The second-order valence-corrected chi connectivity index (χ2v) is 9.23. The van der Waals surface area contributed by atoms with Crippen LogP contribution in [0.25, 0.3) is 11.1 Å². The first kappa shape index (κ1) is 22.4. The van der Waals surface area contributed by atoms with Gasteiger partial charge in [0.15, 0.2) is 0 Å². The van der Waals surface area contributed by atoms with Gasteiger partial charge in [0.1, 0.15) is 0 Å². The van der Waals surface area contributed by atoms with E-state index in [4.69, 9.17) is 8.85 Å². The van der Waals surface area contributed by atoms with Gasteiger partial charge in [0.25, 0.3) is 0 Å². The van der Waals surface area contributed by atoms with E-state index in [1.807, 2.05) is 20.4 Å². The largest absolute Gasteiger partial charge is 0.416 e. The Kier molecular flexibility index (Phi) is 6.62. The molecule has 2 aromatic carbocycles. The van der Waals surface area contributed by atoms with Crippen LogP contribution < -0.4 is 5.19 Å². The lowest BCUT2D eigenvalue weighted by Gasteiger charge is -2.26. The van der Waals surface area contributed by atoms with Crippen LogP contribution in [0, 0.1) is 0 Å². The van der Waals surface area contributed by atoms with Crippen LogP contribution >= 0.6 is 0 Å². The van der Waals surface area contributed by atoms with E-state index in [0.717, 1.165) is 5.19 Å². The van der Waals surface area contributed by atoms with Crippen molar-refractivity contribution in [1.82, 2.24) is 0 Å². The number of halogens is 6. The van der Waals surface area contributed by atoms with E-state index in [0.29, 0.717) is 25.3 Å². The minimum Gasteiger partial charge on any atom is -0.391 e. The molecule has 0 bridgehead atoms. The Morgan fingerprint density at radius 2 is 1.14 bits per heavy atom. The normalized spacial score (nSPS) is 13.0. The highest BCUT2D eigenvalue weighted by molar-refractivity contribution is 6.79. The summed E-state index contributed by atoms with van der Waals surface area (Å²) in [4.78, 5) is 0. The Bertz CT molecular complexity index is 761. The van der Waals surface area contributed by atoms with E-state index in [1.54, 1.807) is 12.1 Å². The van der Waals surface area contributed by atoms with Gasteiger partial charge in [-0.25, -0.2) is 0 Å². The highest BCUT2D eigenvalue weighted by Crippen LogP contribution is 2.38. The van der Waals surface area contributed by atoms with Crippen LogP contribution in [0.15, 0.2) is 42.5 Å². The molecular weight excluding hydrogens is 402 g/mol. The summed E-state index contributed by atoms with van der Waals surface area (Å²) in [5.41, 5.74) is -2.61. The van der Waals surface area contributed by atoms with Crippen molar-refractivity contribution in [3.63, 3.8) is 0 Å². The van der Waals surface area contributed by atoms with Crippen molar-refractivity contribution in [2.45, 2.75) is 32.7 Å². The van der Waals surface area contributed by atoms with Gasteiger partial charge in [0, 0.05) is 13.2 Å². The van der Waals surface area contributed by atoms with Crippen LogP contribution in [0.2, 0.25) is 6.55 Å². The Labute approximate surface area is 160 Å². The summed E-state index contributed by atoms with van der Waals surface area (Å²) in [6.45, 7) is 6.32. The van der Waals surface area contributed by atoms with Crippen LogP contribution in [0.3, 0.4) is 0 Å². The molecule has 0 unspecified atom stereocenters. The number of alkyl halides is 6. The Morgan fingerprint density at radius 1 is 0.714 bits per heavy atom. The van der Waals surface area contributed by atoms with Crippen LogP contribution in [-0.4, -0.2) is 21.8 Å². The van der Waals surface area contributed by atoms with E-state index in [9.17, 15) is 26.3 Å². The quantitative estimate of drug-likeness (QED) is 0.436. The van der Waals surface area contributed by atoms with Crippen molar-refractivity contribution in [1.29, 1.82) is 0 Å². The number of benzene rings is 2. The van der Waals surface area contributed by atoms with Crippen molar-refractivity contribution in [3.05, 3.63) is 53.6 Å². The monoisotopic (exact) mass is 422 g/mol. The molecule has 0 atom stereocenters. The van der Waals surface area contributed by atoms with Gasteiger partial charge >= 0.3 is 20.9 Å². The fourth-order valence-electron chi connectivity index (χ4n) is 2.85. The molecule has 0 aliphatic carbocycles. The van der Waals surface area contributed by atoms with E-state index in [1.165, 1.54) is 12.1 Å². The molecule has 0 aliphatic heterocycles. The summed E-state index contributed by atoms with van der Waals surface area (Å²) >= 11 is 0. The summed E-state index contributed by atoms with van der Waals surface area (Å²) < 4.78 is 89.8. The topological polar surface area (TPSA) is 18.5 Å². The average molecular weight is 422 g/mol. The van der Waals surface area contributed by atoms with Crippen molar-refractivity contribution in [2.24, 2.45) is 0 Å². The van der Waals surface area contributed by atoms with Crippen LogP contribution in [0.5, 0.6) is 0 Å². The molecule has 0 N–H and O–H groups in total. The maximum Gasteiger partial charge on any atom is 0.416 e. The van der Waals surface area contributed by atoms with Crippen LogP contribution in [-0.2, 0) is 21.2 Å². The molecule has 154 valence electrons. The minimum absolute atomic E-state index is 0.117. The molecule has 2 rings (SSSR count). The third-order valence-corrected chi connectivity index (χ3v) is 7.23. The van der Waals surface area contributed by atoms with Crippen LogP contribution in [0.4, 0.5) is 26.3 Å². The molecule has 0 spiro atoms. The summed E-state index contributed by atoms with van der Waals surface area (Å²) in [7, 11) is -2.69.